The van der Waals surface area contributed by atoms with E-state index in [1.807, 2.05) is 6.92 Å². The first-order valence-electron chi connectivity index (χ1n) is 8.98. The molecule has 2 atom stereocenters. The third-order valence-corrected chi connectivity index (χ3v) is 3.90. The van der Waals surface area contributed by atoms with Crippen LogP contribution in [-0.2, 0) is 28.4 Å². The van der Waals surface area contributed by atoms with Gasteiger partial charge in [0.2, 0.25) is 0 Å². The molecule has 1 saturated carbocycles. The van der Waals surface area contributed by atoms with Crippen LogP contribution < -0.4 is 0 Å². The van der Waals surface area contributed by atoms with Crippen LogP contribution in [0.2, 0.25) is 0 Å². The lowest BCUT2D eigenvalue weighted by atomic mass is 9.98. The quantitative estimate of drug-likeness (QED) is 0.681. The predicted octanol–water partition coefficient (Wildman–Crippen LogP) is 3.72. The lowest BCUT2D eigenvalue weighted by Gasteiger charge is -2.24. The Hall–Kier alpha value is -0.240. The molecule has 1 aliphatic heterocycles. The molecular weight excluding hydrogens is 312 g/mol. The molecule has 1 saturated heterocycles. The molecule has 6 nitrogen and oxygen atoms in total. The molecule has 2 aliphatic rings. The molecule has 2 unspecified atom stereocenters. The normalized spacial score (nSPS) is 22.6. The number of hydrogen-bond donors (Lipinski definition) is 0. The van der Waals surface area contributed by atoms with Gasteiger partial charge in [0.05, 0.1) is 6.10 Å². The Bertz CT molecular complexity index is 238. The Morgan fingerprint density at radius 3 is 1.88 bits per heavy atom. The van der Waals surface area contributed by atoms with Gasteiger partial charge >= 0.3 is 0 Å². The van der Waals surface area contributed by atoms with Gasteiger partial charge in [-0.05, 0) is 39.0 Å². The van der Waals surface area contributed by atoms with Crippen LogP contribution in [0, 0.1) is 0 Å². The SMILES string of the molecule is COC(C)OC1CCCCC1.COC1CCCCO1.COCOC. The molecule has 0 amide bonds. The van der Waals surface area contributed by atoms with Crippen LogP contribution in [0.15, 0.2) is 0 Å². The molecule has 0 aromatic heterocycles. The molecule has 0 aromatic rings. The molecule has 146 valence electrons. The molecule has 6 heteroatoms. The number of ether oxygens (including phenoxy) is 6. The highest BCUT2D eigenvalue weighted by atomic mass is 16.7. The topological polar surface area (TPSA) is 55.4 Å². The Morgan fingerprint density at radius 1 is 0.875 bits per heavy atom. The molecule has 1 heterocycles. The summed E-state index contributed by atoms with van der Waals surface area (Å²) in [4.78, 5) is 0. The van der Waals surface area contributed by atoms with Crippen molar-refractivity contribution in [2.45, 2.75) is 77.0 Å². The number of hydrogen-bond acceptors (Lipinski definition) is 6. The maximum absolute atomic E-state index is 5.62. The lowest BCUT2D eigenvalue weighted by Crippen LogP contribution is -2.23. The van der Waals surface area contributed by atoms with E-state index >= 15 is 0 Å². The van der Waals surface area contributed by atoms with Gasteiger partial charge in [-0.15, -0.1) is 0 Å². The fraction of sp³-hybridized carbons (Fsp3) is 1.00. The second-order valence-electron chi connectivity index (χ2n) is 5.93. The monoisotopic (exact) mass is 350 g/mol. The van der Waals surface area contributed by atoms with Crippen molar-refractivity contribution in [3.8, 4) is 0 Å². The van der Waals surface area contributed by atoms with E-state index in [4.69, 9.17) is 18.9 Å². The van der Waals surface area contributed by atoms with E-state index in [1.54, 1.807) is 28.4 Å². The van der Waals surface area contributed by atoms with Crippen molar-refractivity contribution in [1.82, 2.24) is 0 Å². The molecule has 0 spiro atoms. The average Bonchev–Trinajstić information content (AvgIpc) is 2.65. The summed E-state index contributed by atoms with van der Waals surface area (Å²) in [6, 6.07) is 0. The van der Waals surface area contributed by atoms with Crippen molar-refractivity contribution in [3.05, 3.63) is 0 Å². The van der Waals surface area contributed by atoms with Gasteiger partial charge in [0.1, 0.15) is 6.79 Å². The summed E-state index contributed by atoms with van der Waals surface area (Å²) < 4.78 is 29.8. The minimum Gasteiger partial charge on any atom is -0.359 e. The Labute approximate surface area is 148 Å². The Balaban J connectivity index is 0.000000358. The van der Waals surface area contributed by atoms with Crippen LogP contribution in [0.4, 0.5) is 0 Å². The highest BCUT2D eigenvalue weighted by Crippen LogP contribution is 2.21. The van der Waals surface area contributed by atoms with E-state index in [9.17, 15) is 0 Å². The summed E-state index contributed by atoms with van der Waals surface area (Å²) in [5, 5.41) is 0. The van der Waals surface area contributed by atoms with Crippen molar-refractivity contribution in [3.63, 3.8) is 0 Å². The van der Waals surface area contributed by atoms with Crippen molar-refractivity contribution in [2.24, 2.45) is 0 Å². The zero-order valence-corrected chi connectivity index (χ0v) is 16.3. The van der Waals surface area contributed by atoms with Crippen LogP contribution in [-0.4, -0.2) is 60.5 Å². The summed E-state index contributed by atoms with van der Waals surface area (Å²) in [6.45, 7) is 3.22. The van der Waals surface area contributed by atoms with Crippen molar-refractivity contribution >= 4 is 0 Å². The first kappa shape index (κ1) is 23.8. The first-order chi connectivity index (χ1) is 11.7. The second kappa shape index (κ2) is 17.6. The molecular formula is C18H38O6. The molecule has 2 rings (SSSR count). The van der Waals surface area contributed by atoms with Gasteiger partial charge in [0.25, 0.3) is 0 Å². The van der Waals surface area contributed by atoms with Crippen LogP contribution in [0.5, 0.6) is 0 Å². The first-order valence-corrected chi connectivity index (χ1v) is 8.98. The lowest BCUT2D eigenvalue weighted by molar-refractivity contribution is -0.150. The standard InChI is InChI=1S/C9H18O2.C6H12O2.C3H8O2/c1-8(10-2)11-9-6-4-3-5-7-9;1-7-6-4-2-3-5-8-6;1-4-3-5-2/h8-9H,3-7H2,1-2H3;6H,2-5H2,1H3;3H2,1-2H3. The zero-order valence-electron chi connectivity index (χ0n) is 16.3. The van der Waals surface area contributed by atoms with Crippen LogP contribution in [0.3, 0.4) is 0 Å². The molecule has 24 heavy (non-hydrogen) atoms. The van der Waals surface area contributed by atoms with Gasteiger partial charge < -0.3 is 28.4 Å². The summed E-state index contributed by atoms with van der Waals surface area (Å²) in [5.41, 5.74) is 0. The molecule has 0 radical (unpaired) electrons. The summed E-state index contributed by atoms with van der Waals surface area (Å²) in [6.07, 6.45) is 10.5. The molecule has 0 bridgehead atoms. The molecule has 0 N–H and O–H groups in total. The van der Waals surface area contributed by atoms with Crippen LogP contribution in [0.1, 0.15) is 58.3 Å². The van der Waals surface area contributed by atoms with E-state index in [1.165, 1.54) is 44.9 Å². The van der Waals surface area contributed by atoms with Gasteiger partial charge in [-0.3, -0.25) is 0 Å². The third kappa shape index (κ3) is 14.1. The van der Waals surface area contributed by atoms with E-state index < -0.39 is 0 Å². The second-order valence-corrected chi connectivity index (χ2v) is 5.93. The van der Waals surface area contributed by atoms with Gasteiger partial charge in [-0.2, -0.15) is 0 Å². The van der Waals surface area contributed by atoms with Crippen LogP contribution >= 0.6 is 0 Å². The molecule has 0 aromatic carbocycles. The zero-order chi connectivity index (χ0) is 18.0. The maximum atomic E-state index is 5.62. The highest BCUT2D eigenvalue weighted by Gasteiger charge is 2.15. The van der Waals surface area contributed by atoms with E-state index in [0.29, 0.717) is 12.9 Å². The van der Waals surface area contributed by atoms with E-state index in [2.05, 4.69) is 9.47 Å². The van der Waals surface area contributed by atoms with E-state index in [-0.39, 0.29) is 12.6 Å². The highest BCUT2D eigenvalue weighted by molar-refractivity contribution is 4.65. The fourth-order valence-electron chi connectivity index (χ4n) is 2.54. The predicted molar refractivity (Wildman–Crippen MR) is 93.9 cm³/mol. The van der Waals surface area contributed by atoms with Gasteiger partial charge in [0.15, 0.2) is 12.6 Å². The maximum Gasteiger partial charge on any atom is 0.157 e. The van der Waals surface area contributed by atoms with Gasteiger partial charge in [-0.25, -0.2) is 0 Å². The van der Waals surface area contributed by atoms with Crippen molar-refractivity contribution in [2.75, 3.05) is 41.8 Å². The van der Waals surface area contributed by atoms with Gasteiger partial charge in [-0.1, -0.05) is 19.3 Å². The Morgan fingerprint density at radius 2 is 1.50 bits per heavy atom. The minimum atomic E-state index is -0.0295. The summed E-state index contributed by atoms with van der Waals surface area (Å²) in [7, 11) is 6.55. The molecule has 2 fully saturated rings. The van der Waals surface area contributed by atoms with Crippen molar-refractivity contribution in [1.29, 1.82) is 0 Å². The van der Waals surface area contributed by atoms with Gasteiger partial charge in [0, 0.05) is 35.0 Å². The third-order valence-electron chi connectivity index (χ3n) is 3.90. The largest absolute Gasteiger partial charge is 0.359 e. The fourth-order valence-corrected chi connectivity index (χ4v) is 2.54. The van der Waals surface area contributed by atoms with Crippen LogP contribution in [0.25, 0.3) is 0 Å². The molecule has 1 aliphatic carbocycles. The Kier molecular flexibility index (Phi) is 17.4. The van der Waals surface area contributed by atoms with Crippen molar-refractivity contribution < 1.29 is 28.4 Å². The number of methoxy groups -OCH3 is 4. The number of rotatable bonds is 6. The smallest absolute Gasteiger partial charge is 0.157 e. The summed E-state index contributed by atoms with van der Waals surface area (Å²) in [5.74, 6) is 0. The van der Waals surface area contributed by atoms with E-state index in [0.717, 1.165) is 13.0 Å². The minimum absolute atomic E-state index is 0.0295. The summed E-state index contributed by atoms with van der Waals surface area (Å²) >= 11 is 0. The average molecular weight is 350 g/mol.